The number of ether oxygens (including phenoxy) is 1. The average molecular weight is 340 g/mol. The number of hydrogen-bond donors (Lipinski definition) is 1. The number of carboxylic acid groups (broad SMARTS) is 1. The quantitative estimate of drug-likeness (QED) is 0.892. The molecular weight excluding hydrogens is 326 g/mol. The van der Waals surface area contributed by atoms with E-state index in [0.717, 1.165) is 15.8 Å². The van der Waals surface area contributed by atoms with Gasteiger partial charge in [0, 0.05) is 23.1 Å². The van der Waals surface area contributed by atoms with E-state index in [4.69, 9.17) is 9.84 Å². The van der Waals surface area contributed by atoms with Crippen LogP contribution >= 0.6 is 15.9 Å². The minimum absolute atomic E-state index is 0.0365. The van der Waals surface area contributed by atoms with Crippen molar-refractivity contribution < 1.29 is 19.4 Å². The number of likely N-dealkylation sites (tertiary alicyclic amines) is 1. The van der Waals surface area contributed by atoms with Crippen molar-refractivity contribution >= 4 is 27.8 Å². The van der Waals surface area contributed by atoms with Crippen molar-refractivity contribution in [2.24, 2.45) is 5.92 Å². The fourth-order valence-electron chi connectivity index (χ4n) is 2.77. The number of carbonyl (C=O) groups is 2. The molecule has 0 saturated carbocycles. The Labute approximate surface area is 124 Å². The number of benzene rings is 1. The number of rotatable bonds is 2. The van der Waals surface area contributed by atoms with E-state index in [2.05, 4.69) is 15.9 Å². The predicted molar refractivity (Wildman–Crippen MR) is 74.7 cm³/mol. The summed E-state index contributed by atoms with van der Waals surface area (Å²) in [6.07, 6.45) is 0.528. The van der Waals surface area contributed by atoms with E-state index < -0.39 is 11.9 Å². The van der Waals surface area contributed by atoms with Gasteiger partial charge in [-0.25, -0.2) is 0 Å². The van der Waals surface area contributed by atoms with Gasteiger partial charge in [0.25, 0.3) is 0 Å². The van der Waals surface area contributed by atoms with Crippen LogP contribution in [-0.2, 0) is 9.59 Å². The first-order chi connectivity index (χ1) is 9.56. The van der Waals surface area contributed by atoms with Gasteiger partial charge in [-0.1, -0.05) is 15.9 Å². The second kappa shape index (κ2) is 5.09. The SMILES string of the molecule is O=C(O)C1CCN(C(=O)C2COc3ccc(Br)cc32)C1. The Kier molecular flexibility index (Phi) is 3.41. The first-order valence-corrected chi connectivity index (χ1v) is 7.29. The average Bonchev–Trinajstić information content (AvgIpc) is 3.04. The summed E-state index contributed by atoms with van der Waals surface area (Å²) in [6, 6.07) is 5.62. The maximum atomic E-state index is 12.5. The Morgan fingerprint density at radius 1 is 1.40 bits per heavy atom. The topological polar surface area (TPSA) is 66.8 Å². The fraction of sp³-hybridized carbons (Fsp3) is 0.429. The zero-order valence-electron chi connectivity index (χ0n) is 10.7. The summed E-state index contributed by atoms with van der Waals surface area (Å²) < 4.78 is 6.44. The molecule has 1 aromatic carbocycles. The molecule has 20 heavy (non-hydrogen) atoms. The van der Waals surface area contributed by atoms with E-state index in [1.807, 2.05) is 18.2 Å². The number of fused-ring (bicyclic) bond motifs is 1. The van der Waals surface area contributed by atoms with Gasteiger partial charge in [0.1, 0.15) is 18.3 Å². The number of carbonyl (C=O) groups excluding carboxylic acids is 1. The monoisotopic (exact) mass is 339 g/mol. The molecule has 1 N–H and O–H groups in total. The van der Waals surface area contributed by atoms with Crippen LogP contribution in [0.2, 0.25) is 0 Å². The van der Waals surface area contributed by atoms with E-state index in [9.17, 15) is 9.59 Å². The largest absolute Gasteiger partial charge is 0.492 e. The molecule has 2 aliphatic heterocycles. The number of aliphatic carboxylic acids is 1. The zero-order valence-corrected chi connectivity index (χ0v) is 12.3. The number of amides is 1. The second-order valence-electron chi connectivity index (χ2n) is 5.15. The van der Waals surface area contributed by atoms with E-state index in [-0.39, 0.29) is 11.8 Å². The second-order valence-corrected chi connectivity index (χ2v) is 6.07. The fourth-order valence-corrected chi connectivity index (χ4v) is 3.15. The Balaban J connectivity index is 1.77. The maximum absolute atomic E-state index is 12.5. The van der Waals surface area contributed by atoms with Gasteiger partial charge in [0.15, 0.2) is 0 Å². The standard InChI is InChI=1S/C14H14BrNO4/c15-9-1-2-12-10(5-9)11(7-20-12)13(17)16-4-3-8(6-16)14(18)19/h1-2,5,8,11H,3-4,6-7H2,(H,18,19). The van der Waals surface area contributed by atoms with Gasteiger partial charge < -0.3 is 14.7 Å². The summed E-state index contributed by atoms with van der Waals surface area (Å²) in [5, 5.41) is 9.00. The number of hydrogen-bond acceptors (Lipinski definition) is 3. The predicted octanol–water partition coefficient (Wildman–Crippen LogP) is 1.86. The van der Waals surface area contributed by atoms with E-state index in [1.54, 1.807) is 4.90 Å². The van der Waals surface area contributed by atoms with Gasteiger partial charge in [-0.3, -0.25) is 9.59 Å². The molecule has 1 saturated heterocycles. The summed E-state index contributed by atoms with van der Waals surface area (Å²) in [6.45, 7) is 1.14. The molecule has 2 atom stereocenters. The lowest BCUT2D eigenvalue weighted by Crippen LogP contribution is -2.34. The van der Waals surface area contributed by atoms with Crippen molar-refractivity contribution in [1.29, 1.82) is 0 Å². The third kappa shape index (κ3) is 2.28. The smallest absolute Gasteiger partial charge is 0.308 e. The van der Waals surface area contributed by atoms with Crippen molar-refractivity contribution in [3.05, 3.63) is 28.2 Å². The summed E-state index contributed by atoms with van der Waals surface area (Å²) >= 11 is 3.40. The lowest BCUT2D eigenvalue weighted by Gasteiger charge is -2.19. The van der Waals surface area contributed by atoms with Crippen LogP contribution in [0, 0.1) is 5.92 Å². The molecule has 6 heteroatoms. The Morgan fingerprint density at radius 2 is 2.20 bits per heavy atom. The van der Waals surface area contributed by atoms with Crippen LogP contribution in [0.1, 0.15) is 17.9 Å². The Hall–Kier alpha value is -1.56. The van der Waals surface area contributed by atoms with Crippen molar-refractivity contribution in [2.45, 2.75) is 12.3 Å². The van der Waals surface area contributed by atoms with Crippen LogP contribution in [0.15, 0.2) is 22.7 Å². The highest BCUT2D eigenvalue weighted by Crippen LogP contribution is 2.37. The highest BCUT2D eigenvalue weighted by Gasteiger charge is 2.38. The van der Waals surface area contributed by atoms with Crippen LogP contribution in [0.5, 0.6) is 5.75 Å². The van der Waals surface area contributed by atoms with Crippen LogP contribution in [-0.4, -0.2) is 41.6 Å². The van der Waals surface area contributed by atoms with Gasteiger partial charge in [-0.15, -0.1) is 0 Å². The molecule has 1 aromatic rings. The molecule has 3 rings (SSSR count). The molecule has 2 unspecified atom stereocenters. The van der Waals surface area contributed by atoms with Crippen LogP contribution in [0.25, 0.3) is 0 Å². The molecule has 0 aliphatic carbocycles. The Bertz CT molecular complexity index is 574. The van der Waals surface area contributed by atoms with Gasteiger partial charge in [0.2, 0.25) is 5.91 Å². The molecule has 0 spiro atoms. The molecule has 106 valence electrons. The Morgan fingerprint density at radius 3 is 2.90 bits per heavy atom. The first kappa shape index (κ1) is 13.4. The minimum atomic E-state index is -0.828. The van der Waals surface area contributed by atoms with Gasteiger partial charge in [-0.2, -0.15) is 0 Å². The molecule has 1 amide bonds. The van der Waals surface area contributed by atoms with Gasteiger partial charge >= 0.3 is 5.97 Å². The highest BCUT2D eigenvalue weighted by atomic mass is 79.9. The van der Waals surface area contributed by atoms with Gasteiger partial charge in [-0.05, 0) is 24.6 Å². The maximum Gasteiger partial charge on any atom is 0.308 e. The van der Waals surface area contributed by atoms with Crippen LogP contribution in [0.4, 0.5) is 0 Å². The zero-order chi connectivity index (χ0) is 14.3. The van der Waals surface area contributed by atoms with Crippen LogP contribution < -0.4 is 4.74 Å². The summed E-state index contributed by atoms with van der Waals surface area (Å²) in [5.74, 6) is -0.893. The van der Waals surface area contributed by atoms with E-state index in [1.165, 1.54) is 0 Å². The summed E-state index contributed by atoms with van der Waals surface area (Å²) in [5.41, 5.74) is 0.878. The molecule has 0 bridgehead atoms. The summed E-state index contributed by atoms with van der Waals surface area (Å²) in [7, 11) is 0. The molecule has 2 heterocycles. The van der Waals surface area contributed by atoms with Crippen molar-refractivity contribution in [1.82, 2.24) is 4.90 Å². The normalized spacial score (nSPS) is 24.4. The summed E-state index contributed by atoms with van der Waals surface area (Å²) in [4.78, 5) is 25.1. The molecule has 0 radical (unpaired) electrons. The highest BCUT2D eigenvalue weighted by molar-refractivity contribution is 9.10. The third-order valence-electron chi connectivity index (χ3n) is 3.90. The van der Waals surface area contributed by atoms with E-state index >= 15 is 0 Å². The number of nitrogens with zero attached hydrogens (tertiary/aromatic N) is 1. The first-order valence-electron chi connectivity index (χ1n) is 6.50. The molecular formula is C14H14BrNO4. The van der Waals surface area contributed by atoms with Crippen molar-refractivity contribution in [2.75, 3.05) is 19.7 Å². The molecule has 0 aromatic heterocycles. The molecule has 2 aliphatic rings. The van der Waals surface area contributed by atoms with E-state index in [0.29, 0.717) is 26.1 Å². The van der Waals surface area contributed by atoms with Crippen molar-refractivity contribution in [3.8, 4) is 5.75 Å². The minimum Gasteiger partial charge on any atom is -0.492 e. The molecule has 1 fully saturated rings. The molecule has 5 nitrogen and oxygen atoms in total. The third-order valence-corrected chi connectivity index (χ3v) is 4.39. The lowest BCUT2D eigenvalue weighted by atomic mass is 10.00. The number of halogens is 1. The number of carboxylic acids is 1. The van der Waals surface area contributed by atoms with Crippen LogP contribution in [0.3, 0.4) is 0 Å². The van der Waals surface area contributed by atoms with Crippen molar-refractivity contribution in [3.63, 3.8) is 0 Å². The van der Waals surface area contributed by atoms with Gasteiger partial charge in [0.05, 0.1) is 5.92 Å². The lowest BCUT2D eigenvalue weighted by molar-refractivity contribution is -0.141.